The van der Waals surface area contributed by atoms with E-state index < -0.39 is 21.5 Å². The van der Waals surface area contributed by atoms with Crippen molar-refractivity contribution in [1.82, 2.24) is 4.73 Å². The fourth-order valence-corrected chi connectivity index (χ4v) is 8.91. The van der Waals surface area contributed by atoms with Crippen molar-refractivity contribution in [2.45, 2.75) is 83.1 Å². The lowest BCUT2D eigenvalue weighted by Crippen LogP contribution is -2.44. The molecule has 3 aliphatic heterocycles. The van der Waals surface area contributed by atoms with Gasteiger partial charge in [0.2, 0.25) is 17.4 Å². The molecule has 12 heteroatoms. The third kappa shape index (κ3) is 7.73. The van der Waals surface area contributed by atoms with E-state index in [1.807, 2.05) is 50.3 Å². The van der Waals surface area contributed by atoms with Gasteiger partial charge < -0.3 is 24.7 Å². The number of anilines is 1. The highest BCUT2D eigenvalue weighted by atomic mass is 32.2. The number of hydrogen-bond acceptors (Lipinski definition) is 8. The summed E-state index contributed by atoms with van der Waals surface area (Å²) in [4.78, 5) is 19.8. The van der Waals surface area contributed by atoms with Crippen LogP contribution in [0.3, 0.4) is 0 Å². The van der Waals surface area contributed by atoms with E-state index in [-0.39, 0.29) is 28.6 Å². The first kappa shape index (κ1) is 40.4. The minimum Gasteiger partial charge on any atom is -0.492 e. The third-order valence-corrected chi connectivity index (χ3v) is 12.1. The van der Waals surface area contributed by atoms with Crippen LogP contribution in [0.15, 0.2) is 108 Å². The van der Waals surface area contributed by atoms with E-state index >= 15 is 0 Å². The van der Waals surface area contributed by atoms with Crippen molar-refractivity contribution in [3.63, 3.8) is 0 Å². The van der Waals surface area contributed by atoms with E-state index in [1.165, 1.54) is 23.8 Å². The molecule has 0 fully saturated rings. The number of allylic oxidation sites excluding steroid dienone is 6. The number of hydrogen-bond donors (Lipinski definition) is 3. The SMILES string of the molecule is CCN1c2cc3c(cc2C(C)=CC1(C)C)C(=CC=CC1=[N+](CCCCCC(=O)On2c(O)ccc2O)c2ccc(S(=O)(=O)O)cc2C1(C)C)C=C(c1ccccc1)O3. The number of unbranched alkanes of at least 4 members (excludes halogenated alkanes) is 2. The number of fused-ring (bicyclic) bond motifs is 3. The van der Waals surface area contributed by atoms with Crippen LogP contribution in [0, 0.1) is 0 Å². The van der Waals surface area contributed by atoms with Gasteiger partial charge in [0.15, 0.2) is 5.71 Å². The topological polar surface area (TPSA) is 142 Å². The minimum atomic E-state index is -4.43. The Kier molecular flexibility index (Phi) is 10.8. The van der Waals surface area contributed by atoms with Crippen molar-refractivity contribution in [3.05, 3.63) is 125 Å². The molecule has 302 valence electrons. The van der Waals surface area contributed by atoms with Crippen molar-refractivity contribution in [2.24, 2.45) is 0 Å². The molecule has 0 bridgehead atoms. The lowest BCUT2D eigenvalue weighted by molar-refractivity contribution is -0.438. The van der Waals surface area contributed by atoms with E-state index in [1.54, 1.807) is 12.1 Å². The van der Waals surface area contributed by atoms with E-state index in [0.717, 1.165) is 63.0 Å². The Morgan fingerprint density at radius 3 is 2.34 bits per heavy atom. The molecule has 0 spiro atoms. The number of aromatic hydroxyl groups is 2. The Labute approximate surface area is 339 Å². The summed E-state index contributed by atoms with van der Waals surface area (Å²) < 4.78 is 43.9. The third-order valence-electron chi connectivity index (χ3n) is 11.2. The average Bonchev–Trinajstić information content (AvgIpc) is 3.59. The monoisotopic (exact) mass is 804 g/mol. The number of aromatic nitrogens is 1. The molecule has 0 amide bonds. The Morgan fingerprint density at radius 2 is 1.66 bits per heavy atom. The molecular formula is C46H50N3O8S+. The van der Waals surface area contributed by atoms with Crippen LogP contribution < -0.4 is 14.5 Å². The van der Waals surface area contributed by atoms with Gasteiger partial charge in [0.1, 0.15) is 18.1 Å². The first-order valence-electron chi connectivity index (χ1n) is 19.6. The van der Waals surface area contributed by atoms with Gasteiger partial charge in [0.05, 0.1) is 15.8 Å². The first-order chi connectivity index (χ1) is 27.5. The number of likely N-dealkylation sites (N-methyl/N-ethyl adjacent to an activating group) is 1. The van der Waals surface area contributed by atoms with Gasteiger partial charge in [-0.3, -0.25) is 4.55 Å². The van der Waals surface area contributed by atoms with Gasteiger partial charge in [0, 0.05) is 77.7 Å². The van der Waals surface area contributed by atoms with E-state index in [4.69, 9.17) is 9.57 Å². The highest BCUT2D eigenvalue weighted by molar-refractivity contribution is 7.85. The normalized spacial score (nSPS) is 17.4. The van der Waals surface area contributed by atoms with Gasteiger partial charge in [-0.05, 0) is 89.8 Å². The molecule has 1 aromatic heterocycles. The maximum Gasteiger partial charge on any atom is 0.333 e. The molecular weight excluding hydrogens is 755 g/mol. The van der Waals surface area contributed by atoms with Gasteiger partial charge in [-0.25, -0.2) is 4.79 Å². The van der Waals surface area contributed by atoms with Crippen LogP contribution in [0.1, 0.15) is 89.5 Å². The zero-order valence-corrected chi connectivity index (χ0v) is 34.5. The summed E-state index contributed by atoms with van der Waals surface area (Å²) in [5, 5.41) is 19.6. The summed E-state index contributed by atoms with van der Waals surface area (Å²) in [6, 6.07) is 21.6. The molecule has 0 radical (unpaired) electrons. The highest BCUT2D eigenvalue weighted by Crippen LogP contribution is 2.47. The molecule has 0 atom stereocenters. The van der Waals surface area contributed by atoms with Gasteiger partial charge in [-0.2, -0.15) is 13.0 Å². The fraction of sp³-hybridized carbons (Fsp3) is 0.304. The summed E-state index contributed by atoms with van der Waals surface area (Å²) in [6.07, 6.45) is 12.5. The Bertz CT molecular complexity index is 2540. The lowest BCUT2D eigenvalue weighted by atomic mass is 9.81. The zero-order chi connectivity index (χ0) is 41.6. The maximum atomic E-state index is 12.4. The van der Waals surface area contributed by atoms with E-state index in [0.29, 0.717) is 30.5 Å². The molecule has 4 heterocycles. The molecule has 3 aliphatic rings. The maximum absolute atomic E-state index is 12.4. The highest BCUT2D eigenvalue weighted by Gasteiger charge is 2.45. The van der Waals surface area contributed by atoms with Crippen LogP contribution in [0.4, 0.5) is 11.4 Å². The van der Waals surface area contributed by atoms with Crippen LogP contribution in [0.5, 0.6) is 17.5 Å². The number of rotatable bonds is 12. The largest absolute Gasteiger partial charge is 0.492 e. The quantitative estimate of drug-likeness (QED) is 0.0728. The summed E-state index contributed by atoms with van der Waals surface area (Å²) in [6.45, 7) is 14.3. The van der Waals surface area contributed by atoms with Crippen molar-refractivity contribution >= 4 is 50.1 Å². The molecule has 0 saturated carbocycles. The van der Waals surface area contributed by atoms with Crippen molar-refractivity contribution < 1.29 is 42.1 Å². The van der Waals surface area contributed by atoms with Crippen LogP contribution in [-0.4, -0.2) is 62.8 Å². The zero-order valence-electron chi connectivity index (χ0n) is 33.7. The second kappa shape index (κ2) is 15.5. The van der Waals surface area contributed by atoms with Crippen LogP contribution in [0.2, 0.25) is 0 Å². The molecule has 0 unspecified atom stereocenters. The number of nitrogens with zero attached hydrogens (tertiary/aromatic N) is 3. The number of carbonyl (C=O) groups is 1. The predicted molar refractivity (Wildman–Crippen MR) is 226 cm³/mol. The summed E-state index contributed by atoms with van der Waals surface area (Å²) in [5.41, 5.74) is 8.16. The van der Waals surface area contributed by atoms with Gasteiger partial charge in [-0.15, -0.1) is 4.73 Å². The molecule has 11 nitrogen and oxygen atoms in total. The summed E-state index contributed by atoms with van der Waals surface area (Å²) >= 11 is 0. The van der Waals surface area contributed by atoms with Crippen molar-refractivity contribution in [3.8, 4) is 17.5 Å². The molecule has 3 aromatic carbocycles. The summed E-state index contributed by atoms with van der Waals surface area (Å²) in [5.74, 6) is 0.169. The van der Waals surface area contributed by atoms with Crippen LogP contribution in [-0.2, 0) is 20.3 Å². The minimum absolute atomic E-state index is 0.0807. The lowest BCUT2D eigenvalue weighted by Gasteiger charge is -2.43. The Balaban J connectivity index is 1.22. The number of carbonyl (C=O) groups excluding carboxylic acids is 1. The van der Waals surface area contributed by atoms with Crippen molar-refractivity contribution in [1.29, 1.82) is 0 Å². The second-order valence-electron chi connectivity index (χ2n) is 16.0. The van der Waals surface area contributed by atoms with Gasteiger partial charge >= 0.3 is 5.97 Å². The molecule has 0 aliphatic carbocycles. The van der Waals surface area contributed by atoms with Gasteiger partial charge in [-0.1, -0.05) is 48.6 Å². The molecule has 58 heavy (non-hydrogen) atoms. The second-order valence-corrected chi connectivity index (χ2v) is 17.4. The van der Waals surface area contributed by atoms with Gasteiger partial charge in [0.25, 0.3) is 10.1 Å². The molecule has 0 saturated heterocycles. The van der Waals surface area contributed by atoms with Crippen molar-refractivity contribution in [2.75, 3.05) is 18.0 Å². The predicted octanol–water partition coefficient (Wildman–Crippen LogP) is 8.83. The Morgan fingerprint density at radius 1 is 0.931 bits per heavy atom. The molecule has 7 rings (SSSR count). The number of ether oxygens (including phenoxy) is 1. The molecule has 3 N–H and O–H groups in total. The Hall–Kier alpha value is -5.85. The number of benzene rings is 3. The fourth-order valence-electron chi connectivity index (χ4n) is 8.40. The average molecular weight is 805 g/mol. The van der Waals surface area contributed by atoms with E-state index in [2.05, 4.69) is 73.6 Å². The van der Waals surface area contributed by atoms with Crippen LogP contribution in [0.25, 0.3) is 16.9 Å². The first-order valence-corrected chi connectivity index (χ1v) is 21.0. The summed E-state index contributed by atoms with van der Waals surface area (Å²) in [7, 11) is -4.43. The van der Waals surface area contributed by atoms with E-state index in [9.17, 15) is 28.0 Å². The standard InChI is InChI=1S/C46H49N3O8S/c1-7-48-38-28-40-35(27-34(38)30(2)29-45(48,3)4)32(25-39(56-40)31-15-10-8-11-16-31)17-14-18-41-46(5,6)36-26-33(58(53,54)55)20-21-37(36)47(41)24-13-9-12-19-44(52)57-49-42(50)22-23-43(49)51/h8,10-11,14-18,20-23,25-29H,7,9,12-13,19,24H2,1-6H3,(H2-,50,51,53,54,55)/p+1. The molecule has 4 aromatic rings. The van der Waals surface area contributed by atoms with Crippen LogP contribution >= 0.6 is 0 Å². The smallest absolute Gasteiger partial charge is 0.333 e.